The van der Waals surface area contributed by atoms with Gasteiger partial charge in [-0.2, -0.15) is 11.8 Å². The zero-order valence-corrected chi connectivity index (χ0v) is 12.8. The minimum absolute atomic E-state index is 0.0642. The molecule has 102 valence electrons. The number of thioether (sulfide) groups is 1. The van der Waals surface area contributed by atoms with Crippen LogP contribution in [0.4, 0.5) is 0 Å². The lowest BCUT2D eigenvalue weighted by Crippen LogP contribution is -2.38. The summed E-state index contributed by atoms with van der Waals surface area (Å²) in [7, 11) is -3.39. The van der Waals surface area contributed by atoms with Crippen LogP contribution in [0.15, 0.2) is 11.0 Å². The van der Waals surface area contributed by atoms with Gasteiger partial charge in [0.05, 0.1) is 4.90 Å². The lowest BCUT2D eigenvalue weighted by atomic mass is 10.2. The SMILES string of the molecule is Cc1sc(CN)cc1S(=O)(=O)NC1CCCSC1. The number of nitrogens with one attached hydrogen (secondary N) is 1. The zero-order chi connectivity index (χ0) is 13.2. The van der Waals surface area contributed by atoms with E-state index in [9.17, 15) is 8.42 Å². The van der Waals surface area contributed by atoms with E-state index in [1.165, 1.54) is 11.3 Å². The van der Waals surface area contributed by atoms with Gasteiger partial charge in [0, 0.05) is 28.1 Å². The number of rotatable bonds is 4. The summed E-state index contributed by atoms with van der Waals surface area (Å²) < 4.78 is 27.4. The Bertz CT molecular complexity index is 504. The number of hydrogen-bond acceptors (Lipinski definition) is 5. The minimum atomic E-state index is -3.39. The van der Waals surface area contributed by atoms with Crippen molar-refractivity contribution in [2.45, 2.75) is 37.2 Å². The van der Waals surface area contributed by atoms with Gasteiger partial charge >= 0.3 is 0 Å². The number of thiophene rings is 1. The molecule has 1 aliphatic rings. The molecule has 0 aromatic carbocycles. The molecule has 3 N–H and O–H groups in total. The topological polar surface area (TPSA) is 72.2 Å². The van der Waals surface area contributed by atoms with Gasteiger partial charge in [0.2, 0.25) is 10.0 Å². The van der Waals surface area contributed by atoms with Gasteiger partial charge in [-0.25, -0.2) is 13.1 Å². The third kappa shape index (κ3) is 3.27. The Hall–Kier alpha value is -0.0800. The summed E-state index contributed by atoms with van der Waals surface area (Å²) in [6, 6.07) is 1.76. The highest BCUT2D eigenvalue weighted by Gasteiger charge is 2.24. The highest BCUT2D eigenvalue weighted by molar-refractivity contribution is 7.99. The third-order valence-corrected chi connectivity index (χ3v) is 6.96. The first-order chi connectivity index (χ1) is 8.53. The van der Waals surface area contributed by atoms with E-state index in [2.05, 4.69) is 4.72 Å². The molecule has 0 amide bonds. The number of sulfonamides is 1. The zero-order valence-electron chi connectivity index (χ0n) is 10.3. The first-order valence-electron chi connectivity index (χ1n) is 5.92. The minimum Gasteiger partial charge on any atom is -0.326 e. The molecule has 1 aromatic heterocycles. The van der Waals surface area contributed by atoms with E-state index >= 15 is 0 Å². The average molecular weight is 306 g/mol. The maximum absolute atomic E-state index is 12.3. The lowest BCUT2D eigenvalue weighted by molar-refractivity contribution is 0.543. The van der Waals surface area contributed by atoms with E-state index in [4.69, 9.17) is 5.73 Å². The molecule has 2 heterocycles. The second-order valence-corrected chi connectivity index (χ2v) is 8.55. The van der Waals surface area contributed by atoms with Crippen molar-refractivity contribution in [1.82, 2.24) is 4.72 Å². The molecular weight excluding hydrogens is 288 g/mol. The molecular formula is C11H18N2O2S3. The van der Waals surface area contributed by atoms with Crippen LogP contribution >= 0.6 is 23.1 Å². The van der Waals surface area contributed by atoms with Crippen LogP contribution in [-0.4, -0.2) is 26.0 Å². The van der Waals surface area contributed by atoms with Crippen LogP contribution < -0.4 is 10.5 Å². The summed E-state index contributed by atoms with van der Waals surface area (Å²) in [5.41, 5.74) is 5.55. The first-order valence-corrected chi connectivity index (χ1v) is 9.38. The van der Waals surface area contributed by atoms with Crippen molar-refractivity contribution < 1.29 is 8.42 Å². The van der Waals surface area contributed by atoms with E-state index in [-0.39, 0.29) is 6.04 Å². The van der Waals surface area contributed by atoms with Gasteiger partial charge in [0.1, 0.15) is 0 Å². The Balaban J connectivity index is 2.16. The molecule has 0 saturated carbocycles. The molecule has 1 atom stereocenters. The third-order valence-electron chi connectivity index (χ3n) is 2.90. The van der Waals surface area contributed by atoms with Gasteiger partial charge in [-0.3, -0.25) is 0 Å². The van der Waals surface area contributed by atoms with Crippen LogP contribution in [0.3, 0.4) is 0 Å². The lowest BCUT2D eigenvalue weighted by Gasteiger charge is -2.22. The quantitative estimate of drug-likeness (QED) is 0.888. The second kappa shape index (κ2) is 5.92. The molecule has 18 heavy (non-hydrogen) atoms. The first kappa shape index (κ1) is 14.3. The Labute approximate surface area is 116 Å². The van der Waals surface area contributed by atoms with E-state index in [0.717, 1.165) is 34.1 Å². The fourth-order valence-corrected chi connectivity index (χ4v) is 5.97. The smallest absolute Gasteiger partial charge is 0.241 e. The van der Waals surface area contributed by atoms with Crippen molar-refractivity contribution in [1.29, 1.82) is 0 Å². The van der Waals surface area contributed by atoms with Crippen molar-refractivity contribution in [3.05, 3.63) is 15.8 Å². The van der Waals surface area contributed by atoms with Gasteiger partial charge in [0.25, 0.3) is 0 Å². The number of aryl methyl sites for hydroxylation is 1. The van der Waals surface area contributed by atoms with E-state index in [1.807, 2.05) is 18.7 Å². The Morgan fingerprint density at radius 1 is 1.56 bits per heavy atom. The van der Waals surface area contributed by atoms with Crippen LogP contribution in [-0.2, 0) is 16.6 Å². The van der Waals surface area contributed by atoms with Crippen LogP contribution in [0.25, 0.3) is 0 Å². The predicted octanol–water partition coefficient (Wildman–Crippen LogP) is 1.69. The van der Waals surface area contributed by atoms with Gasteiger partial charge in [-0.05, 0) is 31.6 Å². The molecule has 1 unspecified atom stereocenters. The largest absolute Gasteiger partial charge is 0.326 e. The van der Waals surface area contributed by atoms with Crippen LogP contribution in [0.2, 0.25) is 0 Å². The van der Waals surface area contributed by atoms with Crippen molar-refractivity contribution in [3.8, 4) is 0 Å². The monoisotopic (exact) mass is 306 g/mol. The van der Waals surface area contributed by atoms with Gasteiger partial charge in [-0.15, -0.1) is 11.3 Å². The van der Waals surface area contributed by atoms with Crippen molar-refractivity contribution >= 4 is 33.1 Å². The molecule has 1 aliphatic heterocycles. The molecule has 1 saturated heterocycles. The Morgan fingerprint density at radius 3 is 2.89 bits per heavy atom. The van der Waals surface area contributed by atoms with Crippen molar-refractivity contribution in [3.63, 3.8) is 0 Å². The fraction of sp³-hybridized carbons (Fsp3) is 0.636. The molecule has 1 aromatic rings. The van der Waals surface area contributed by atoms with Crippen LogP contribution in [0, 0.1) is 6.92 Å². The highest BCUT2D eigenvalue weighted by atomic mass is 32.2. The summed E-state index contributed by atoms with van der Waals surface area (Å²) in [5, 5.41) is 0. The summed E-state index contributed by atoms with van der Waals surface area (Å²) in [6.07, 6.45) is 2.01. The van der Waals surface area contributed by atoms with Gasteiger partial charge in [0.15, 0.2) is 0 Å². The van der Waals surface area contributed by atoms with Gasteiger partial charge < -0.3 is 5.73 Å². The van der Waals surface area contributed by atoms with Crippen LogP contribution in [0.5, 0.6) is 0 Å². The van der Waals surface area contributed by atoms with E-state index in [0.29, 0.717) is 11.4 Å². The summed E-state index contributed by atoms with van der Waals surface area (Å²) in [5.74, 6) is 2.00. The highest BCUT2D eigenvalue weighted by Crippen LogP contribution is 2.26. The Morgan fingerprint density at radius 2 is 2.33 bits per heavy atom. The fourth-order valence-electron chi connectivity index (χ4n) is 2.01. The molecule has 0 aliphatic carbocycles. The normalized spacial score (nSPS) is 21.1. The summed E-state index contributed by atoms with van der Waals surface area (Å²) in [4.78, 5) is 2.11. The molecule has 2 rings (SSSR count). The molecule has 1 fully saturated rings. The average Bonchev–Trinajstić information content (AvgIpc) is 2.72. The second-order valence-electron chi connectivity index (χ2n) is 4.37. The van der Waals surface area contributed by atoms with Crippen LogP contribution in [0.1, 0.15) is 22.6 Å². The van der Waals surface area contributed by atoms with E-state index in [1.54, 1.807) is 6.07 Å². The van der Waals surface area contributed by atoms with Crippen molar-refractivity contribution in [2.75, 3.05) is 11.5 Å². The molecule has 7 heteroatoms. The summed E-state index contributed by atoms with van der Waals surface area (Å²) in [6.45, 7) is 2.22. The molecule has 0 spiro atoms. The molecule has 0 bridgehead atoms. The molecule has 4 nitrogen and oxygen atoms in total. The maximum Gasteiger partial charge on any atom is 0.241 e. The maximum atomic E-state index is 12.3. The van der Waals surface area contributed by atoms with Gasteiger partial charge in [-0.1, -0.05) is 0 Å². The van der Waals surface area contributed by atoms with E-state index < -0.39 is 10.0 Å². The Kier molecular flexibility index (Phi) is 4.71. The number of nitrogens with two attached hydrogens (primary N) is 1. The standard InChI is InChI=1S/C11H18N2O2S3/c1-8-11(5-10(6-12)17-8)18(14,15)13-9-3-2-4-16-7-9/h5,9,13H,2-4,6-7,12H2,1H3. The van der Waals surface area contributed by atoms with Crippen molar-refractivity contribution in [2.24, 2.45) is 5.73 Å². The molecule has 0 radical (unpaired) electrons. The number of hydrogen-bond donors (Lipinski definition) is 2. The predicted molar refractivity (Wildman–Crippen MR) is 77.6 cm³/mol. The summed E-state index contributed by atoms with van der Waals surface area (Å²) >= 11 is 3.26.